The number of amides is 1. The third-order valence-corrected chi connectivity index (χ3v) is 3.35. The van der Waals surface area contributed by atoms with Gasteiger partial charge in [-0.2, -0.15) is 0 Å². The van der Waals surface area contributed by atoms with Crippen LogP contribution in [-0.2, 0) is 6.54 Å². The van der Waals surface area contributed by atoms with Crippen molar-refractivity contribution in [3.63, 3.8) is 0 Å². The molecule has 1 aromatic carbocycles. The highest BCUT2D eigenvalue weighted by Gasteiger charge is 2.09. The highest BCUT2D eigenvalue weighted by Crippen LogP contribution is 2.20. The number of halogens is 1. The largest absolute Gasteiger partial charge is 0.292 e. The zero-order valence-corrected chi connectivity index (χ0v) is 12.3. The van der Waals surface area contributed by atoms with E-state index in [0.29, 0.717) is 5.56 Å². The molecule has 0 spiro atoms. The van der Waals surface area contributed by atoms with Gasteiger partial charge in [-0.05, 0) is 17.7 Å². The Kier molecular flexibility index (Phi) is 6.49. The molecule has 0 heterocycles. The van der Waals surface area contributed by atoms with Gasteiger partial charge in [0.2, 0.25) is 0 Å². The highest BCUT2D eigenvalue weighted by molar-refractivity contribution is 9.10. The maximum absolute atomic E-state index is 11.4. The van der Waals surface area contributed by atoms with Crippen molar-refractivity contribution in [3.8, 4) is 0 Å². The number of nitrogens with one attached hydrogen (secondary N) is 1. The van der Waals surface area contributed by atoms with E-state index >= 15 is 0 Å². The Balaban J connectivity index is 2.86. The van der Waals surface area contributed by atoms with Crippen LogP contribution in [0.5, 0.6) is 0 Å². The van der Waals surface area contributed by atoms with Gasteiger partial charge in [0, 0.05) is 29.7 Å². The van der Waals surface area contributed by atoms with Crippen molar-refractivity contribution in [2.75, 3.05) is 13.1 Å². The topological polar surface area (TPSA) is 58.4 Å². The van der Waals surface area contributed by atoms with Gasteiger partial charge in [0.1, 0.15) is 0 Å². The van der Waals surface area contributed by atoms with Crippen LogP contribution < -0.4 is 11.3 Å². The van der Waals surface area contributed by atoms with E-state index in [-0.39, 0.29) is 5.91 Å². The fourth-order valence-electron chi connectivity index (χ4n) is 1.71. The van der Waals surface area contributed by atoms with Gasteiger partial charge in [0.05, 0.1) is 0 Å². The van der Waals surface area contributed by atoms with E-state index in [4.69, 9.17) is 5.84 Å². The lowest BCUT2D eigenvalue weighted by molar-refractivity contribution is 0.0953. The molecule has 5 heteroatoms. The van der Waals surface area contributed by atoms with Gasteiger partial charge in [-0.15, -0.1) is 13.2 Å². The molecule has 0 saturated carbocycles. The number of hydrazine groups is 1. The molecule has 0 aliphatic rings. The van der Waals surface area contributed by atoms with E-state index in [2.05, 4.69) is 39.4 Å². The van der Waals surface area contributed by atoms with Crippen LogP contribution in [0, 0.1) is 0 Å². The summed E-state index contributed by atoms with van der Waals surface area (Å²) < 4.78 is 0.881. The van der Waals surface area contributed by atoms with E-state index in [9.17, 15) is 4.79 Å². The van der Waals surface area contributed by atoms with Crippen molar-refractivity contribution < 1.29 is 4.79 Å². The Morgan fingerprint density at radius 2 is 2.00 bits per heavy atom. The molecular formula is C14H18BrN3O. The molecule has 1 rings (SSSR count). The van der Waals surface area contributed by atoms with Crippen molar-refractivity contribution in [3.05, 3.63) is 59.1 Å². The number of nitrogen functional groups attached to an aromatic ring is 1. The summed E-state index contributed by atoms with van der Waals surface area (Å²) in [6.07, 6.45) is 3.71. The Hall–Kier alpha value is -1.43. The van der Waals surface area contributed by atoms with Gasteiger partial charge >= 0.3 is 0 Å². The summed E-state index contributed by atoms with van der Waals surface area (Å²) in [5.74, 6) is 4.80. The average Bonchev–Trinajstić information content (AvgIpc) is 2.40. The molecule has 3 N–H and O–H groups in total. The molecule has 102 valence electrons. The van der Waals surface area contributed by atoms with Gasteiger partial charge in [0.15, 0.2) is 0 Å². The first kappa shape index (κ1) is 15.6. The average molecular weight is 324 g/mol. The standard InChI is InChI=1S/C14H18BrN3O/c1-3-7-18(8-4-2)10-12-6-5-11(9-13(12)15)14(19)17-16/h3-6,9H,1-2,7-8,10,16H2,(H,17,19). The number of nitrogens with zero attached hydrogens (tertiary/aromatic N) is 1. The molecule has 0 fully saturated rings. The molecule has 0 unspecified atom stereocenters. The fraction of sp³-hybridized carbons (Fsp3) is 0.214. The van der Waals surface area contributed by atoms with E-state index in [1.54, 1.807) is 12.1 Å². The minimum atomic E-state index is -0.304. The van der Waals surface area contributed by atoms with Crippen molar-refractivity contribution >= 4 is 21.8 Å². The first-order valence-corrected chi connectivity index (χ1v) is 6.65. The second-order valence-corrected chi connectivity index (χ2v) is 4.91. The van der Waals surface area contributed by atoms with Gasteiger partial charge in [-0.1, -0.05) is 34.1 Å². The molecule has 0 atom stereocenters. The summed E-state index contributed by atoms with van der Waals surface area (Å²) in [4.78, 5) is 13.6. The normalized spacial score (nSPS) is 10.3. The highest BCUT2D eigenvalue weighted by atomic mass is 79.9. The second-order valence-electron chi connectivity index (χ2n) is 4.05. The third-order valence-electron chi connectivity index (χ3n) is 2.61. The van der Waals surface area contributed by atoms with Gasteiger partial charge in [-0.25, -0.2) is 5.84 Å². The zero-order valence-electron chi connectivity index (χ0n) is 10.7. The number of hydrogen-bond acceptors (Lipinski definition) is 3. The number of benzene rings is 1. The van der Waals surface area contributed by atoms with Gasteiger partial charge in [-0.3, -0.25) is 15.1 Å². The van der Waals surface area contributed by atoms with Crippen LogP contribution in [0.3, 0.4) is 0 Å². The number of hydrogen-bond donors (Lipinski definition) is 2. The number of nitrogens with two attached hydrogens (primary N) is 1. The summed E-state index contributed by atoms with van der Waals surface area (Å²) in [5, 5.41) is 0. The molecule has 1 aromatic rings. The number of carbonyl (C=O) groups is 1. The maximum Gasteiger partial charge on any atom is 0.265 e. The lowest BCUT2D eigenvalue weighted by Crippen LogP contribution is -2.30. The summed E-state index contributed by atoms with van der Waals surface area (Å²) >= 11 is 3.48. The molecule has 0 aromatic heterocycles. The van der Waals surface area contributed by atoms with Crippen LogP contribution in [0.1, 0.15) is 15.9 Å². The van der Waals surface area contributed by atoms with Gasteiger partial charge < -0.3 is 0 Å². The summed E-state index contributed by atoms with van der Waals surface area (Å²) in [5.41, 5.74) is 3.73. The van der Waals surface area contributed by atoms with E-state index in [0.717, 1.165) is 29.7 Å². The van der Waals surface area contributed by atoms with Crippen LogP contribution in [-0.4, -0.2) is 23.9 Å². The maximum atomic E-state index is 11.4. The first-order chi connectivity index (χ1) is 9.12. The van der Waals surface area contributed by atoms with E-state index < -0.39 is 0 Å². The van der Waals surface area contributed by atoms with Crippen molar-refractivity contribution in [2.45, 2.75) is 6.54 Å². The Morgan fingerprint density at radius 1 is 1.37 bits per heavy atom. The van der Waals surface area contributed by atoms with Crippen LogP contribution in [0.25, 0.3) is 0 Å². The van der Waals surface area contributed by atoms with Crippen LogP contribution in [0.4, 0.5) is 0 Å². The molecule has 0 radical (unpaired) electrons. The van der Waals surface area contributed by atoms with Crippen LogP contribution in [0.15, 0.2) is 48.0 Å². The Bertz CT molecular complexity index is 464. The second kappa shape index (κ2) is 7.89. The minimum Gasteiger partial charge on any atom is -0.292 e. The van der Waals surface area contributed by atoms with Crippen LogP contribution in [0.2, 0.25) is 0 Å². The quantitative estimate of drug-likeness (QED) is 0.350. The third kappa shape index (κ3) is 4.63. The monoisotopic (exact) mass is 323 g/mol. The molecule has 1 amide bonds. The summed E-state index contributed by atoms with van der Waals surface area (Å²) in [6, 6.07) is 5.42. The van der Waals surface area contributed by atoms with Crippen LogP contribution >= 0.6 is 15.9 Å². The summed E-state index contributed by atoms with van der Waals surface area (Å²) in [7, 11) is 0. The predicted octanol–water partition coefficient (Wildman–Crippen LogP) is 2.23. The first-order valence-electron chi connectivity index (χ1n) is 5.86. The van der Waals surface area contributed by atoms with E-state index in [1.807, 2.05) is 18.2 Å². The van der Waals surface area contributed by atoms with Crippen molar-refractivity contribution in [2.24, 2.45) is 5.84 Å². The van der Waals surface area contributed by atoms with Gasteiger partial charge in [0.25, 0.3) is 5.91 Å². The lowest BCUT2D eigenvalue weighted by Gasteiger charge is -2.19. The van der Waals surface area contributed by atoms with E-state index in [1.165, 1.54) is 0 Å². The minimum absolute atomic E-state index is 0.304. The molecule has 0 saturated heterocycles. The smallest absolute Gasteiger partial charge is 0.265 e. The molecule has 4 nitrogen and oxygen atoms in total. The summed E-state index contributed by atoms with van der Waals surface area (Å²) in [6.45, 7) is 9.80. The van der Waals surface area contributed by atoms with Crippen molar-refractivity contribution in [1.29, 1.82) is 0 Å². The predicted molar refractivity (Wildman–Crippen MR) is 81.5 cm³/mol. The molecule has 0 bridgehead atoms. The fourth-order valence-corrected chi connectivity index (χ4v) is 2.21. The molecule has 19 heavy (non-hydrogen) atoms. The SMILES string of the molecule is C=CCN(CC=C)Cc1ccc(C(=O)NN)cc1Br. The Labute approximate surface area is 122 Å². The van der Waals surface area contributed by atoms with Crippen molar-refractivity contribution in [1.82, 2.24) is 10.3 Å². The number of carbonyl (C=O) groups excluding carboxylic acids is 1. The Morgan fingerprint density at radius 3 is 2.47 bits per heavy atom. The molecular weight excluding hydrogens is 306 g/mol. The molecule has 0 aliphatic carbocycles. The zero-order chi connectivity index (χ0) is 14.3. The number of rotatable bonds is 7. The molecule has 0 aliphatic heterocycles. The lowest BCUT2D eigenvalue weighted by atomic mass is 10.1.